The van der Waals surface area contributed by atoms with Crippen molar-refractivity contribution in [2.24, 2.45) is 0 Å². The van der Waals surface area contributed by atoms with Gasteiger partial charge in [-0.05, 0) is 25.0 Å². The average Bonchev–Trinajstić information content (AvgIpc) is 2.62. The third-order valence-electron chi connectivity index (χ3n) is 4.92. The van der Waals surface area contributed by atoms with Crippen LogP contribution < -0.4 is 17.0 Å². The van der Waals surface area contributed by atoms with Crippen LogP contribution in [-0.2, 0) is 0 Å². The van der Waals surface area contributed by atoms with E-state index in [-0.39, 0.29) is 17.0 Å². The number of nitrogens with zero attached hydrogens (tertiary/aromatic N) is 1. The summed E-state index contributed by atoms with van der Waals surface area (Å²) in [6.07, 6.45) is 20.4. The molecule has 1 aromatic carbocycles. The van der Waals surface area contributed by atoms with Gasteiger partial charge in [-0.2, -0.15) is 0 Å². The molecule has 0 N–H and O–H groups in total. The first-order valence-electron chi connectivity index (χ1n) is 11.5. The maximum absolute atomic E-state index is 5.54. The van der Waals surface area contributed by atoms with Gasteiger partial charge in [0.1, 0.15) is 0 Å². The highest BCUT2D eigenvalue weighted by Gasteiger charge is 2.04. The number of halogens is 2. The molecule has 28 heavy (non-hydrogen) atoms. The van der Waals surface area contributed by atoms with Gasteiger partial charge in [0, 0.05) is 5.02 Å². The first-order valence-corrected chi connectivity index (χ1v) is 11.8. The van der Waals surface area contributed by atoms with Crippen molar-refractivity contribution in [2.75, 3.05) is 27.7 Å². The second-order valence-electron chi connectivity index (χ2n) is 8.91. The molecular weight excluding hydrogens is 430 g/mol. The van der Waals surface area contributed by atoms with E-state index in [1.165, 1.54) is 96.4 Å². The predicted octanol–water partition coefficient (Wildman–Crippen LogP) is 5.52. The van der Waals surface area contributed by atoms with Crippen LogP contribution >= 0.6 is 11.6 Å². The highest BCUT2D eigenvalue weighted by atomic mass is 79.9. The lowest BCUT2D eigenvalue weighted by molar-refractivity contribution is -0.870. The lowest BCUT2D eigenvalue weighted by Crippen LogP contribution is -3.00. The average molecular weight is 477 g/mol. The first kappa shape index (κ1) is 30.1. The quantitative estimate of drug-likeness (QED) is 0.231. The fourth-order valence-electron chi connectivity index (χ4n) is 3.20. The molecule has 0 unspecified atom stereocenters. The Morgan fingerprint density at radius 3 is 1.25 bits per heavy atom. The van der Waals surface area contributed by atoms with E-state index in [2.05, 4.69) is 28.1 Å². The Balaban J connectivity index is 0. The molecule has 166 valence electrons. The summed E-state index contributed by atoms with van der Waals surface area (Å²) in [5.41, 5.74) is 0. The topological polar surface area (TPSA) is 0 Å². The second-order valence-corrected chi connectivity index (χ2v) is 9.34. The summed E-state index contributed by atoms with van der Waals surface area (Å²) < 4.78 is 1.12. The Morgan fingerprint density at radius 1 is 0.607 bits per heavy atom. The summed E-state index contributed by atoms with van der Waals surface area (Å²) in [5, 5.41) is 0.794. The Kier molecular flexibility index (Phi) is 23.3. The smallest absolute Gasteiger partial charge is 0.0780 e. The van der Waals surface area contributed by atoms with E-state index in [1.54, 1.807) is 0 Å². The molecule has 0 aliphatic rings. The van der Waals surface area contributed by atoms with E-state index in [1.807, 2.05) is 30.3 Å². The Morgan fingerprint density at radius 2 is 0.964 bits per heavy atom. The van der Waals surface area contributed by atoms with Crippen molar-refractivity contribution in [3.05, 3.63) is 35.4 Å². The van der Waals surface area contributed by atoms with Crippen LogP contribution in [0.3, 0.4) is 0 Å². The molecule has 3 heteroatoms. The van der Waals surface area contributed by atoms with Gasteiger partial charge in [0.15, 0.2) is 0 Å². The standard InChI is InChI=1S/C19H42N.C6H5Cl.BrH/c1-5-6-7-8-9-10-11-12-13-14-15-16-17-18-19-20(2,3)4;7-6-4-2-1-3-5-6;/h5-19H2,1-4H3;1-5H;1H/q+1;;/p-1. The zero-order chi connectivity index (χ0) is 20.2. The van der Waals surface area contributed by atoms with Crippen LogP contribution in [0.25, 0.3) is 0 Å². The van der Waals surface area contributed by atoms with Crippen LogP contribution in [0.15, 0.2) is 30.3 Å². The number of quaternary nitrogens is 1. The number of hydrogen-bond donors (Lipinski definition) is 0. The van der Waals surface area contributed by atoms with Crippen LogP contribution in [0.1, 0.15) is 96.8 Å². The molecule has 1 rings (SSSR count). The van der Waals surface area contributed by atoms with Crippen LogP contribution in [-0.4, -0.2) is 32.2 Å². The van der Waals surface area contributed by atoms with Gasteiger partial charge < -0.3 is 21.5 Å². The molecular formula is C25H47BrClN. The molecule has 0 atom stereocenters. The summed E-state index contributed by atoms with van der Waals surface area (Å²) in [7, 11) is 6.88. The Bertz CT molecular complexity index is 403. The summed E-state index contributed by atoms with van der Waals surface area (Å²) in [6.45, 7) is 3.63. The number of hydrogen-bond acceptors (Lipinski definition) is 0. The largest absolute Gasteiger partial charge is 1.00 e. The molecule has 1 aromatic rings. The summed E-state index contributed by atoms with van der Waals surface area (Å²) >= 11 is 5.54. The van der Waals surface area contributed by atoms with Crippen molar-refractivity contribution in [1.82, 2.24) is 0 Å². The first-order chi connectivity index (χ1) is 13.0. The van der Waals surface area contributed by atoms with E-state index in [4.69, 9.17) is 11.6 Å². The van der Waals surface area contributed by atoms with Crippen LogP contribution in [0, 0.1) is 0 Å². The molecule has 0 bridgehead atoms. The highest BCUT2D eigenvalue weighted by Crippen LogP contribution is 2.13. The zero-order valence-electron chi connectivity index (χ0n) is 19.2. The highest BCUT2D eigenvalue weighted by molar-refractivity contribution is 6.30. The molecule has 0 aromatic heterocycles. The van der Waals surface area contributed by atoms with E-state index in [9.17, 15) is 0 Å². The van der Waals surface area contributed by atoms with Gasteiger partial charge in [-0.15, -0.1) is 0 Å². The minimum atomic E-state index is 0. The molecule has 0 radical (unpaired) electrons. The molecule has 1 nitrogen and oxygen atoms in total. The predicted molar refractivity (Wildman–Crippen MR) is 125 cm³/mol. The number of rotatable bonds is 15. The maximum atomic E-state index is 5.54. The molecule has 0 aliphatic heterocycles. The molecule has 0 aliphatic carbocycles. The van der Waals surface area contributed by atoms with Gasteiger partial charge in [-0.3, -0.25) is 0 Å². The summed E-state index contributed by atoms with van der Waals surface area (Å²) in [6, 6.07) is 9.44. The normalized spacial score (nSPS) is 10.8. The van der Waals surface area contributed by atoms with E-state index in [0.717, 1.165) is 9.51 Å². The molecule has 0 fully saturated rings. The van der Waals surface area contributed by atoms with Gasteiger partial charge in [0.05, 0.1) is 27.7 Å². The van der Waals surface area contributed by atoms with E-state index < -0.39 is 0 Å². The van der Waals surface area contributed by atoms with E-state index >= 15 is 0 Å². The van der Waals surface area contributed by atoms with Gasteiger partial charge in [0.25, 0.3) is 0 Å². The second kappa shape index (κ2) is 21.7. The van der Waals surface area contributed by atoms with Gasteiger partial charge in [0.2, 0.25) is 0 Å². The van der Waals surface area contributed by atoms with Gasteiger partial charge in [-0.1, -0.05) is 114 Å². The minimum Gasteiger partial charge on any atom is -1.00 e. The minimum absolute atomic E-state index is 0. The SMILES string of the molecule is CCCCCCCCCCCCCCCC[N+](C)(C)C.Clc1ccccc1.[Br-]. The maximum Gasteiger partial charge on any atom is 0.0780 e. The molecule has 0 heterocycles. The Labute approximate surface area is 192 Å². The zero-order valence-corrected chi connectivity index (χ0v) is 21.5. The van der Waals surface area contributed by atoms with E-state index in [0.29, 0.717) is 0 Å². The lowest BCUT2D eigenvalue weighted by Gasteiger charge is -2.23. The van der Waals surface area contributed by atoms with Crippen LogP contribution in [0.5, 0.6) is 0 Å². The lowest BCUT2D eigenvalue weighted by atomic mass is 10.0. The fraction of sp³-hybridized carbons (Fsp3) is 0.760. The van der Waals surface area contributed by atoms with Crippen LogP contribution in [0.4, 0.5) is 0 Å². The third kappa shape index (κ3) is 26.0. The number of unbranched alkanes of at least 4 members (excludes halogenated alkanes) is 13. The van der Waals surface area contributed by atoms with Crippen molar-refractivity contribution in [3.63, 3.8) is 0 Å². The number of benzene rings is 1. The van der Waals surface area contributed by atoms with Crippen molar-refractivity contribution in [3.8, 4) is 0 Å². The molecule has 0 saturated carbocycles. The molecule has 0 spiro atoms. The van der Waals surface area contributed by atoms with Crippen LogP contribution in [0.2, 0.25) is 5.02 Å². The summed E-state index contributed by atoms with van der Waals surface area (Å²) in [4.78, 5) is 0. The molecule has 0 amide bonds. The monoisotopic (exact) mass is 475 g/mol. The fourth-order valence-corrected chi connectivity index (χ4v) is 3.34. The molecule has 0 saturated heterocycles. The van der Waals surface area contributed by atoms with Gasteiger partial charge in [-0.25, -0.2) is 0 Å². The van der Waals surface area contributed by atoms with Crippen molar-refractivity contribution < 1.29 is 21.5 Å². The third-order valence-corrected chi connectivity index (χ3v) is 5.17. The van der Waals surface area contributed by atoms with Crippen molar-refractivity contribution in [2.45, 2.75) is 96.8 Å². The van der Waals surface area contributed by atoms with Crippen molar-refractivity contribution >= 4 is 11.6 Å². The van der Waals surface area contributed by atoms with Crippen molar-refractivity contribution in [1.29, 1.82) is 0 Å². The summed E-state index contributed by atoms with van der Waals surface area (Å²) in [5.74, 6) is 0. The Hall–Kier alpha value is -0.0500. The van der Waals surface area contributed by atoms with Gasteiger partial charge >= 0.3 is 0 Å².